The van der Waals surface area contributed by atoms with Gasteiger partial charge in [0.05, 0.1) is 11.8 Å². The lowest BCUT2D eigenvalue weighted by atomic mass is 10.1. The van der Waals surface area contributed by atoms with Crippen molar-refractivity contribution in [1.29, 1.82) is 0 Å². The smallest absolute Gasteiger partial charge is 0.247 e. The lowest BCUT2D eigenvalue weighted by Gasteiger charge is -2.31. The first-order chi connectivity index (χ1) is 7.25. The Morgan fingerprint density at radius 2 is 2.47 bits per heavy atom. The number of carbonyl (C=O) groups excluding carboxylic acids is 1. The van der Waals surface area contributed by atoms with E-state index in [9.17, 15) is 9.90 Å². The quantitative estimate of drug-likeness (QED) is 0.624. The Labute approximate surface area is 86.7 Å². The topological polar surface area (TPSA) is 65.5 Å². The molecule has 78 valence electrons. The monoisotopic (exact) mass is 205 g/mol. The van der Waals surface area contributed by atoms with Crippen molar-refractivity contribution < 1.29 is 9.90 Å². The fraction of sp³-hybridized carbons (Fsp3) is 0.400. The summed E-state index contributed by atoms with van der Waals surface area (Å²) in [6.45, 7) is 0.488. The van der Waals surface area contributed by atoms with Crippen LogP contribution < -0.4 is 10.2 Å². The van der Waals surface area contributed by atoms with Crippen molar-refractivity contribution in [1.82, 2.24) is 4.98 Å². The molecule has 2 unspecified atom stereocenters. The Hall–Kier alpha value is -1.62. The van der Waals surface area contributed by atoms with Crippen LogP contribution in [-0.2, 0) is 4.79 Å². The molecule has 3 heterocycles. The number of anilines is 2. The number of fused-ring (bicyclic) bond motifs is 3. The number of pyridine rings is 1. The third kappa shape index (κ3) is 1.20. The summed E-state index contributed by atoms with van der Waals surface area (Å²) < 4.78 is 0. The van der Waals surface area contributed by atoms with Crippen LogP contribution in [0, 0.1) is 0 Å². The van der Waals surface area contributed by atoms with Crippen molar-refractivity contribution in [2.24, 2.45) is 0 Å². The predicted octanol–water partition coefficient (Wildman–Crippen LogP) is -0.0267. The lowest BCUT2D eigenvalue weighted by Crippen LogP contribution is -2.44. The standard InChI is InChI=1S/C10H11N3O2/c14-6-4-8-10(15)12-7-2-1-3-11-9(7)13(8)5-6/h1-3,6,8,14H,4-5H2,(H,12,15). The van der Waals surface area contributed by atoms with Crippen LogP contribution in [0.5, 0.6) is 0 Å². The minimum Gasteiger partial charge on any atom is -0.391 e. The van der Waals surface area contributed by atoms with Gasteiger partial charge in [0.1, 0.15) is 6.04 Å². The molecule has 5 heteroatoms. The zero-order valence-corrected chi connectivity index (χ0v) is 8.05. The van der Waals surface area contributed by atoms with Gasteiger partial charge in [-0.1, -0.05) is 0 Å². The molecule has 1 amide bonds. The number of hydrogen-bond donors (Lipinski definition) is 2. The van der Waals surface area contributed by atoms with E-state index in [0.29, 0.717) is 13.0 Å². The minimum atomic E-state index is -0.436. The number of rotatable bonds is 0. The maximum Gasteiger partial charge on any atom is 0.247 e. The maximum absolute atomic E-state index is 11.7. The molecule has 2 atom stereocenters. The Morgan fingerprint density at radius 1 is 1.60 bits per heavy atom. The van der Waals surface area contributed by atoms with E-state index in [1.165, 1.54) is 0 Å². The van der Waals surface area contributed by atoms with Gasteiger partial charge in [0.25, 0.3) is 0 Å². The van der Waals surface area contributed by atoms with E-state index in [1.807, 2.05) is 11.0 Å². The molecule has 0 radical (unpaired) electrons. The van der Waals surface area contributed by atoms with Gasteiger partial charge in [-0.05, 0) is 12.1 Å². The number of hydrogen-bond acceptors (Lipinski definition) is 4. The average molecular weight is 205 g/mol. The van der Waals surface area contributed by atoms with E-state index >= 15 is 0 Å². The fourth-order valence-electron chi connectivity index (χ4n) is 2.24. The number of aliphatic hydroxyl groups is 1. The molecule has 0 aromatic carbocycles. The van der Waals surface area contributed by atoms with Gasteiger partial charge in [-0.2, -0.15) is 0 Å². The first-order valence-corrected chi connectivity index (χ1v) is 4.96. The van der Waals surface area contributed by atoms with Crippen LogP contribution in [0.2, 0.25) is 0 Å². The van der Waals surface area contributed by atoms with E-state index in [0.717, 1.165) is 11.5 Å². The van der Waals surface area contributed by atoms with Gasteiger partial charge in [0, 0.05) is 19.2 Å². The SMILES string of the molecule is O=C1Nc2cccnc2N2CC(O)CC12. The number of aromatic nitrogens is 1. The number of carbonyl (C=O) groups is 1. The zero-order valence-electron chi connectivity index (χ0n) is 8.05. The van der Waals surface area contributed by atoms with Gasteiger partial charge < -0.3 is 15.3 Å². The molecule has 1 saturated heterocycles. The summed E-state index contributed by atoms with van der Waals surface area (Å²) in [4.78, 5) is 17.8. The number of nitrogens with zero attached hydrogens (tertiary/aromatic N) is 2. The third-order valence-corrected chi connectivity index (χ3v) is 2.90. The molecular weight excluding hydrogens is 194 g/mol. The maximum atomic E-state index is 11.7. The lowest BCUT2D eigenvalue weighted by molar-refractivity contribution is -0.117. The largest absolute Gasteiger partial charge is 0.391 e. The van der Waals surface area contributed by atoms with Crippen LogP contribution in [0.3, 0.4) is 0 Å². The van der Waals surface area contributed by atoms with Gasteiger partial charge in [-0.25, -0.2) is 4.98 Å². The highest BCUT2D eigenvalue weighted by Crippen LogP contribution is 2.34. The number of aliphatic hydroxyl groups excluding tert-OH is 1. The minimum absolute atomic E-state index is 0.0490. The van der Waals surface area contributed by atoms with Crippen molar-refractivity contribution in [3.63, 3.8) is 0 Å². The van der Waals surface area contributed by atoms with Crippen LogP contribution >= 0.6 is 0 Å². The molecule has 0 spiro atoms. The Bertz CT molecular complexity index is 421. The van der Waals surface area contributed by atoms with Crippen LogP contribution in [0.4, 0.5) is 11.5 Å². The summed E-state index contributed by atoms with van der Waals surface area (Å²) in [5.74, 6) is 0.714. The highest BCUT2D eigenvalue weighted by molar-refractivity contribution is 6.03. The molecule has 0 bridgehead atoms. The van der Waals surface area contributed by atoms with Gasteiger partial charge in [0.2, 0.25) is 5.91 Å². The first kappa shape index (κ1) is 8.67. The summed E-state index contributed by atoms with van der Waals surface area (Å²) in [6, 6.07) is 3.34. The van der Waals surface area contributed by atoms with E-state index in [4.69, 9.17) is 0 Å². The Balaban J connectivity index is 2.08. The van der Waals surface area contributed by atoms with Crippen molar-refractivity contribution in [3.8, 4) is 0 Å². The Morgan fingerprint density at radius 3 is 3.33 bits per heavy atom. The zero-order chi connectivity index (χ0) is 10.4. The summed E-state index contributed by atoms with van der Waals surface area (Å²) in [6.07, 6.45) is 1.74. The third-order valence-electron chi connectivity index (χ3n) is 2.90. The normalized spacial score (nSPS) is 28.3. The molecule has 2 aliphatic rings. The van der Waals surface area contributed by atoms with Gasteiger partial charge in [-0.15, -0.1) is 0 Å². The fourth-order valence-corrected chi connectivity index (χ4v) is 2.24. The van der Waals surface area contributed by atoms with Gasteiger partial charge >= 0.3 is 0 Å². The van der Waals surface area contributed by atoms with Gasteiger partial charge in [-0.3, -0.25) is 4.79 Å². The van der Waals surface area contributed by atoms with Crippen molar-refractivity contribution in [3.05, 3.63) is 18.3 Å². The molecule has 1 fully saturated rings. The molecule has 3 rings (SSSR count). The van der Waals surface area contributed by atoms with E-state index in [2.05, 4.69) is 10.3 Å². The highest BCUT2D eigenvalue weighted by atomic mass is 16.3. The second-order valence-corrected chi connectivity index (χ2v) is 3.92. The number of amides is 1. The van der Waals surface area contributed by atoms with Crippen LogP contribution in [0.1, 0.15) is 6.42 Å². The van der Waals surface area contributed by atoms with E-state index in [1.54, 1.807) is 12.3 Å². The molecule has 0 saturated carbocycles. The number of nitrogens with one attached hydrogen (secondary N) is 1. The predicted molar refractivity (Wildman–Crippen MR) is 54.6 cm³/mol. The molecule has 2 aliphatic heterocycles. The highest BCUT2D eigenvalue weighted by Gasteiger charge is 2.40. The molecule has 1 aromatic rings. The summed E-state index contributed by atoms with van der Waals surface area (Å²) in [5.41, 5.74) is 0.729. The van der Waals surface area contributed by atoms with Crippen LogP contribution in [0.15, 0.2) is 18.3 Å². The summed E-state index contributed by atoms with van der Waals surface area (Å²) in [7, 11) is 0. The van der Waals surface area contributed by atoms with Crippen LogP contribution in [-0.4, -0.2) is 34.7 Å². The van der Waals surface area contributed by atoms with Crippen molar-refractivity contribution in [2.75, 3.05) is 16.8 Å². The first-order valence-electron chi connectivity index (χ1n) is 4.96. The Kier molecular flexibility index (Phi) is 1.70. The molecule has 2 N–H and O–H groups in total. The second kappa shape index (κ2) is 2.93. The average Bonchev–Trinajstić information content (AvgIpc) is 2.61. The van der Waals surface area contributed by atoms with Gasteiger partial charge in [0.15, 0.2) is 5.82 Å². The van der Waals surface area contributed by atoms with Crippen molar-refractivity contribution in [2.45, 2.75) is 18.6 Å². The van der Waals surface area contributed by atoms with E-state index < -0.39 is 6.10 Å². The van der Waals surface area contributed by atoms with E-state index in [-0.39, 0.29) is 11.9 Å². The second-order valence-electron chi connectivity index (χ2n) is 3.92. The molecule has 5 nitrogen and oxygen atoms in total. The summed E-state index contributed by atoms with van der Waals surface area (Å²) >= 11 is 0. The molecular formula is C10H11N3O2. The molecule has 15 heavy (non-hydrogen) atoms. The van der Waals surface area contributed by atoms with Crippen molar-refractivity contribution >= 4 is 17.4 Å². The molecule has 0 aliphatic carbocycles. The van der Waals surface area contributed by atoms with Crippen LogP contribution in [0.25, 0.3) is 0 Å². The molecule has 1 aromatic heterocycles. The summed E-state index contributed by atoms with van der Waals surface area (Å²) in [5, 5.41) is 12.4.